The van der Waals surface area contributed by atoms with Gasteiger partial charge in [-0.15, -0.1) is 24.8 Å². The lowest BCUT2D eigenvalue weighted by atomic mass is 10.0. The smallest absolute Gasteiger partial charge is 0.220 e. The summed E-state index contributed by atoms with van der Waals surface area (Å²) in [7, 11) is 0. The molecule has 0 aliphatic carbocycles. The molecule has 1 saturated heterocycles. The molecule has 0 aromatic carbocycles. The lowest BCUT2D eigenvalue weighted by Crippen LogP contribution is -2.26. The van der Waals surface area contributed by atoms with Crippen LogP contribution in [0.25, 0.3) is 0 Å². The molecule has 2 rings (SSSR count). The number of pyridine rings is 1. The van der Waals surface area contributed by atoms with Gasteiger partial charge in [-0.25, -0.2) is 0 Å². The Labute approximate surface area is 120 Å². The van der Waals surface area contributed by atoms with Crippen molar-refractivity contribution in [2.75, 3.05) is 13.1 Å². The normalized spacial score (nSPS) is 17.4. The number of hydrogen-bond acceptors (Lipinski definition) is 3. The third-order valence-corrected chi connectivity index (χ3v) is 2.83. The van der Waals surface area contributed by atoms with E-state index in [1.165, 1.54) is 0 Å². The first-order valence-corrected chi connectivity index (χ1v) is 5.72. The Bertz CT molecular complexity index is 342. The van der Waals surface area contributed by atoms with Crippen LogP contribution in [0, 0.1) is 5.92 Å². The predicted molar refractivity (Wildman–Crippen MR) is 76.2 cm³/mol. The van der Waals surface area contributed by atoms with Crippen LogP contribution in [-0.2, 0) is 11.3 Å². The molecule has 1 fully saturated rings. The van der Waals surface area contributed by atoms with Crippen molar-refractivity contribution in [1.29, 1.82) is 0 Å². The molecule has 1 amide bonds. The van der Waals surface area contributed by atoms with E-state index in [0.29, 0.717) is 18.9 Å². The molecule has 2 heterocycles. The SMILES string of the molecule is Cl.Cl.O=C(CC1CCNC1)NCc1ccccn1. The zero-order chi connectivity index (χ0) is 11.2. The summed E-state index contributed by atoms with van der Waals surface area (Å²) in [5.41, 5.74) is 0.903. The zero-order valence-electron chi connectivity index (χ0n) is 10.1. The number of rotatable bonds is 4. The van der Waals surface area contributed by atoms with E-state index in [4.69, 9.17) is 0 Å². The molecule has 1 aromatic heterocycles. The van der Waals surface area contributed by atoms with Gasteiger partial charge < -0.3 is 10.6 Å². The van der Waals surface area contributed by atoms with E-state index in [9.17, 15) is 4.79 Å². The first-order valence-electron chi connectivity index (χ1n) is 5.72. The van der Waals surface area contributed by atoms with Gasteiger partial charge in [-0.3, -0.25) is 9.78 Å². The Morgan fingerprint density at radius 3 is 2.89 bits per heavy atom. The Morgan fingerprint density at radius 2 is 2.28 bits per heavy atom. The molecule has 1 aromatic rings. The molecule has 1 aliphatic rings. The average molecular weight is 292 g/mol. The summed E-state index contributed by atoms with van der Waals surface area (Å²) in [5.74, 6) is 0.628. The summed E-state index contributed by atoms with van der Waals surface area (Å²) in [6.45, 7) is 2.54. The minimum Gasteiger partial charge on any atom is -0.350 e. The second kappa shape index (κ2) is 9.14. The van der Waals surface area contributed by atoms with Gasteiger partial charge in [-0.2, -0.15) is 0 Å². The van der Waals surface area contributed by atoms with Gasteiger partial charge in [0.1, 0.15) is 0 Å². The van der Waals surface area contributed by atoms with Gasteiger partial charge in [-0.1, -0.05) is 6.07 Å². The fourth-order valence-electron chi connectivity index (χ4n) is 1.91. The molecular weight excluding hydrogens is 273 g/mol. The molecule has 1 unspecified atom stereocenters. The van der Waals surface area contributed by atoms with Crippen LogP contribution in [0.4, 0.5) is 0 Å². The summed E-state index contributed by atoms with van der Waals surface area (Å²) in [4.78, 5) is 15.8. The lowest BCUT2D eigenvalue weighted by molar-refractivity contribution is -0.122. The maximum atomic E-state index is 11.6. The monoisotopic (exact) mass is 291 g/mol. The summed E-state index contributed by atoms with van der Waals surface area (Å²) < 4.78 is 0. The number of nitrogens with zero attached hydrogens (tertiary/aromatic N) is 1. The van der Waals surface area contributed by atoms with Gasteiger partial charge in [0, 0.05) is 12.6 Å². The third-order valence-electron chi connectivity index (χ3n) is 2.83. The summed E-state index contributed by atoms with van der Waals surface area (Å²) in [6.07, 6.45) is 3.47. The largest absolute Gasteiger partial charge is 0.350 e. The van der Waals surface area contributed by atoms with Crippen molar-refractivity contribution in [3.63, 3.8) is 0 Å². The highest BCUT2D eigenvalue weighted by atomic mass is 35.5. The molecule has 102 valence electrons. The molecule has 1 atom stereocenters. The maximum Gasteiger partial charge on any atom is 0.220 e. The maximum absolute atomic E-state index is 11.6. The minimum absolute atomic E-state index is 0. The second-order valence-electron chi connectivity index (χ2n) is 4.16. The Morgan fingerprint density at radius 1 is 1.44 bits per heavy atom. The molecule has 18 heavy (non-hydrogen) atoms. The van der Waals surface area contributed by atoms with Crippen LogP contribution in [-0.4, -0.2) is 24.0 Å². The van der Waals surface area contributed by atoms with Crippen LogP contribution >= 0.6 is 24.8 Å². The van der Waals surface area contributed by atoms with E-state index in [2.05, 4.69) is 15.6 Å². The molecule has 4 nitrogen and oxygen atoms in total. The van der Waals surface area contributed by atoms with Crippen molar-refractivity contribution in [2.24, 2.45) is 5.92 Å². The van der Waals surface area contributed by atoms with Crippen molar-refractivity contribution in [2.45, 2.75) is 19.4 Å². The third kappa shape index (κ3) is 5.67. The molecule has 0 saturated carbocycles. The summed E-state index contributed by atoms with van der Waals surface area (Å²) in [6, 6.07) is 5.71. The number of halogens is 2. The van der Waals surface area contributed by atoms with E-state index >= 15 is 0 Å². The molecule has 0 bridgehead atoms. The number of carbonyl (C=O) groups is 1. The van der Waals surface area contributed by atoms with Gasteiger partial charge >= 0.3 is 0 Å². The molecule has 0 spiro atoms. The van der Waals surface area contributed by atoms with Crippen LogP contribution in [0.5, 0.6) is 0 Å². The molecular formula is C12H19Cl2N3O. The Balaban J connectivity index is 0.00000144. The first kappa shape index (κ1) is 17.2. The number of nitrogens with one attached hydrogen (secondary N) is 2. The highest BCUT2D eigenvalue weighted by Crippen LogP contribution is 2.11. The van der Waals surface area contributed by atoms with Crippen LogP contribution < -0.4 is 10.6 Å². The highest BCUT2D eigenvalue weighted by Gasteiger charge is 2.17. The zero-order valence-corrected chi connectivity index (χ0v) is 11.7. The molecule has 6 heteroatoms. The average Bonchev–Trinajstić information content (AvgIpc) is 2.81. The van der Waals surface area contributed by atoms with Crippen molar-refractivity contribution in [3.8, 4) is 0 Å². The van der Waals surface area contributed by atoms with Gasteiger partial charge in [0.05, 0.1) is 12.2 Å². The van der Waals surface area contributed by atoms with E-state index in [-0.39, 0.29) is 30.7 Å². The topological polar surface area (TPSA) is 54.0 Å². The minimum atomic E-state index is 0. The number of amides is 1. The van der Waals surface area contributed by atoms with E-state index in [0.717, 1.165) is 25.2 Å². The molecule has 2 N–H and O–H groups in total. The van der Waals surface area contributed by atoms with Crippen molar-refractivity contribution >= 4 is 30.7 Å². The van der Waals surface area contributed by atoms with Gasteiger partial charge in [0.2, 0.25) is 5.91 Å². The van der Waals surface area contributed by atoms with Crippen molar-refractivity contribution in [3.05, 3.63) is 30.1 Å². The lowest BCUT2D eigenvalue weighted by Gasteiger charge is -2.08. The quantitative estimate of drug-likeness (QED) is 0.885. The van der Waals surface area contributed by atoms with Crippen LogP contribution in [0.3, 0.4) is 0 Å². The van der Waals surface area contributed by atoms with Gasteiger partial charge in [0.25, 0.3) is 0 Å². The second-order valence-corrected chi connectivity index (χ2v) is 4.16. The van der Waals surface area contributed by atoms with E-state index in [1.54, 1.807) is 6.20 Å². The first-order chi connectivity index (χ1) is 7.84. The highest BCUT2D eigenvalue weighted by molar-refractivity contribution is 5.85. The number of carbonyl (C=O) groups excluding carboxylic acids is 1. The van der Waals surface area contributed by atoms with Crippen LogP contribution in [0.2, 0.25) is 0 Å². The van der Waals surface area contributed by atoms with Crippen molar-refractivity contribution in [1.82, 2.24) is 15.6 Å². The van der Waals surface area contributed by atoms with Gasteiger partial charge in [-0.05, 0) is 37.6 Å². The van der Waals surface area contributed by atoms with Crippen LogP contribution in [0.1, 0.15) is 18.5 Å². The van der Waals surface area contributed by atoms with Crippen molar-refractivity contribution < 1.29 is 4.79 Å². The fraction of sp³-hybridized carbons (Fsp3) is 0.500. The molecule has 1 aliphatic heterocycles. The van der Waals surface area contributed by atoms with E-state index in [1.807, 2.05) is 18.2 Å². The van der Waals surface area contributed by atoms with Crippen LogP contribution in [0.15, 0.2) is 24.4 Å². The molecule has 0 radical (unpaired) electrons. The summed E-state index contributed by atoms with van der Waals surface area (Å²) in [5, 5.41) is 6.16. The number of aromatic nitrogens is 1. The van der Waals surface area contributed by atoms with Gasteiger partial charge in [0.15, 0.2) is 0 Å². The Kier molecular flexibility index (Phi) is 8.71. The fourth-order valence-corrected chi connectivity index (χ4v) is 1.91. The van der Waals surface area contributed by atoms with E-state index < -0.39 is 0 Å². The number of hydrogen-bond donors (Lipinski definition) is 2. The predicted octanol–water partition coefficient (Wildman–Crippen LogP) is 1.54. The summed E-state index contributed by atoms with van der Waals surface area (Å²) >= 11 is 0. The Hall–Kier alpha value is -0.840. The standard InChI is InChI=1S/C12H17N3O.2ClH/c16-12(7-10-4-6-13-8-10)15-9-11-3-1-2-5-14-11;;/h1-3,5,10,13H,4,6-9H2,(H,15,16);2*1H.